The van der Waals surface area contributed by atoms with E-state index in [0.717, 1.165) is 48.7 Å². The Balaban J connectivity index is 1.39. The van der Waals surface area contributed by atoms with Crippen LogP contribution in [-0.2, 0) is 18.3 Å². The van der Waals surface area contributed by atoms with E-state index < -0.39 is 0 Å². The van der Waals surface area contributed by atoms with E-state index in [0.29, 0.717) is 11.8 Å². The van der Waals surface area contributed by atoms with Gasteiger partial charge in [-0.05, 0) is 75.6 Å². The molecule has 0 saturated heterocycles. The van der Waals surface area contributed by atoms with E-state index in [1.54, 1.807) is 0 Å². The molecule has 2 aromatic carbocycles. The van der Waals surface area contributed by atoms with E-state index in [4.69, 9.17) is 9.97 Å². The van der Waals surface area contributed by atoms with Crippen LogP contribution < -0.4 is 0 Å². The van der Waals surface area contributed by atoms with Gasteiger partial charge in [-0.1, -0.05) is 88.4 Å². The summed E-state index contributed by atoms with van der Waals surface area (Å²) in [5.74, 6) is 3.21. The molecule has 0 atom stereocenters. The summed E-state index contributed by atoms with van der Waals surface area (Å²) in [5.41, 5.74) is 4.31. The number of benzene rings is 2. The Morgan fingerprint density at radius 1 is 0.558 bits per heavy atom. The first kappa shape index (κ1) is 28.9. The summed E-state index contributed by atoms with van der Waals surface area (Å²) in [5, 5.41) is 5.15. The Labute approximate surface area is 256 Å². The van der Waals surface area contributed by atoms with Crippen molar-refractivity contribution in [1.82, 2.24) is 19.1 Å². The number of hydrogen-bond acceptors (Lipinski definition) is 2. The van der Waals surface area contributed by atoms with Crippen LogP contribution in [0, 0.1) is 11.8 Å². The van der Waals surface area contributed by atoms with Gasteiger partial charge < -0.3 is 9.13 Å². The normalized spacial score (nSPS) is 12.3. The van der Waals surface area contributed by atoms with Crippen LogP contribution in [-0.4, -0.2) is 19.1 Å². The molecule has 0 aliphatic carbocycles. The first-order chi connectivity index (χ1) is 20.7. The maximum Gasteiger partial charge on any atom is 0.137 e. The lowest BCUT2D eigenvalue weighted by Crippen LogP contribution is -2.23. The summed E-state index contributed by atoms with van der Waals surface area (Å²) < 4.78 is 4.62. The number of aryl methyl sites for hydroxylation is 2. The van der Waals surface area contributed by atoms with Crippen LogP contribution in [0.3, 0.4) is 0 Å². The van der Waals surface area contributed by atoms with Gasteiger partial charge in [0.05, 0.1) is 11.4 Å². The zero-order valence-electron chi connectivity index (χ0n) is 26.5. The van der Waals surface area contributed by atoms with Gasteiger partial charge >= 0.3 is 0 Å². The van der Waals surface area contributed by atoms with Crippen LogP contribution in [0.4, 0.5) is 0 Å². The molecule has 0 N–H and O–H groups in total. The lowest BCUT2D eigenvalue weighted by atomic mass is 9.84. The first-order valence-corrected chi connectivity index (χ1v) is 15.9. The minimum absolute atomic E-state index is 0.388. The van der Waals surface area contributed by atoms with E-state index in [9.17, 15) is 0 Å². The summed E-state index contributed by atoms with van der Waals surface area (Å²) in [6.45, 7) is 13.7. The van der Waals surface area contributed by atoms with Crippen molar-refractivity contribution in [2.24, 2.45) is 11.8 Å². The molecule has 0 saturated carbocycles. The monoisotopic (exact) mass is 568 g/mol. The van der Waals surface area contributed by atoms with Crippen molar-refractivity contribution in [3.63, 3.8) is 0 Å². The molecule has 4 aromatic heterocycles. The number of nitrogens with zero attached hydrogens (tertiary/aromatic N) is 4. The third kappa shape index (κ3) is 5.76. The van der Waals surface area contributed by atoms with E-state index in [-0.39, 0.29) is 5.41 Å². The fraction of sp³-hybridized carbons (Fsp3) is 0.333. The average Bonchev–Trinajstić information content (AvgIpc) is 3.57. The minimum Gasteiger partial charge on any atom is -0.304 e. The summed E-state index contributed by atoms with van der Waals surface area (Å²) >= 11 is 0. The van der Waals surface area contributed by atoms with Crippen LogP contribution in [0.1, 0.15) is 77.2 Å². The molecule has 0 radical (unpaired) electrons. The van der Waals surface area contributed by atoms with Crippen molar-refractivity contribution in [3.8, 4) is 11.6 Å². The molecule has 4 nitrogen and oxygen atoms in total. The molecule has 0 aliphatic rings. The Morgan fingerprint density at radius 3 is 1.40 bits per heavy atom. The van der Waals surface area contributed by atoms with Gasteiger partial charge in [0, 0.05) is 50.7 Å². The van der Waals surface area contributed by atoms with Crippen LogP contribution >= 0.6 is 0 Å². The highest BCUT2D eigenvalue weighted by atomic mass is 15.1. The number of rotatable bonds is 10. The van der Waals surface area contributed by atoms with E-state index in [2.05, 4.69) is 148 Å². The van der Waals surface area contributed by atoms with E-state index >= 15 is 0 Å². The third-order valence-corrected chi connectivity index (χ3v) is 8.82. The molecule has 0 bridgehead atoms. The predicted molar refractivity (Wildman–Crippen MR) is 181 cm³/mol. The number of hydrogen-bond donors (Lipinski definition) is 0. The van der Waals surface area contributed by atoms with Crippen molar-refractivity contribution in [2.45, 2.75) is 72.6 Å². The molecule has 0 spiro atoms. The molecule has 0 amide bonds. The zero-order valence-corrected chi connectivity index (χ0v) is 26.5. The van der Waals surface area contributed by atoms with E-state index in [1.165, 1.54) is 32.9 Å². The van der Waals surface area contributed by atoms with Gasteiger partial charge in [-0.25, -0.2) is 9.97 Å². The summed E-state index contributed by atoms with van der Waals surface area (Å²) in [4.78, 5) is 10.6. The highest BCUT2D eigenvalue weighted by Crippen LogP contribution is 2.33. The highest BCUT2D eigenvalue weighted by Gasteiger charge is 2.28. The molecule has 0 fully saturated rings. The van der Waals surface area contributed by atoms with Crippen LogP contribution in [0.25, 0.3) is 33.2 Å². The number of fused-ring (bicyclic) bond motifs is 2. The van der Waals surface area contributed by atoms with Crippen LogP contribution in [0.5, 0.6) is 0 Å². The van der Waals surface area contributed by atoms with Crippen molar-refractivity contribution >= 4 is 21.5 Å². The van der Waals surface area contributed by atoms with Gasteiger partial charge in [-0.15, -0.1) is 0 Å². The Morgan fingerprint density at radius 2 is 0.977 bits per heavy atom. The lowest BCUT2D eigenvalue weighted by molar-refractivity contribution is 0.574. The minimum atomic E-state index is -0.388. The van der Waals surface area contributed by atoms with Crippen LogP contribution in [0.15, 0.2) is 97.3 Å². The molecule has 4 heteroatoms. The highest BCUT2D eigenvalue weighted by molar-refractivity contribution is 5.87. The van der Waals surface area contributed by atoms with Gasteiger partial charge in [0.25, 0.3) is 0 Å². The van der Waals surface area contributed by atoms with Gasteiger partial charge in [-0.3, -0.25) is 0 Å². The Hall–Kier alpha value is -4.18. The second-order valence-electron chi connectivity index (χ2n) is 13.3. The number of aromatic nitrogens is 4. The summed E-state index contributed by atoms with van der Waals surface area (Å²) in [7, 11) is 0. The zero-order chi connectivity index (χ0) is 30.1. The molecular formula is C39H44N4. The van der Waals surface area contributed by atoms with Gasteiger partial charge in [0.15, 0.2) is 0 Å². The molecule has 4 heterocycles. The third-order valence-electron chi connectivity index (χ3n) is 8.82. The molecule has 0 unspecified atom stereocenters. The molecule has 43 heavy (non-hydrogen) atoms. The largest absolute Gasteiger partial charge is 0.304 e. The van der Waals surface area contributed by atoms with Crippen molar-refractivity contribution < 1.29 is 0 Å². The molecule has 220 valence electrons. The Kier molecular flexibility index (Phi) is 7.96. The maximum atomic E-state index is 5.29. The quantitative estimate of drug-likeness (QED) is 0.165. The molecule has 6 rings (SSSR count). The second-order valence-corrected chi connectivity index (χ2v) is 13.3. The molecule has 0 aliphatic heterocycles. The fourth-order valence-corrected chi connectivity index (χ4v) is 6.15. The second kappa shape index (κ2) is 11.8. The maximum absolute atomic E-state index is 5.29. The SMILES string of the molecule is CC(C)CCc1c2ccccc2cn1-c1cccc(C(C)(C)c2cccc(-n3cc4ccccc4c3CCC(C)C)n2)n1. The van der Waals surface area contributed by atoms with Crippen molar-refractivity contribution in [1.29, 1.82) is 0 Å². The topological polar surface area (TPSA) is 35.6 Å². The molecular weight excluding hydrogens is 524 g/mol. The van der Waals surface area contributed by atoms with Gasteiger partial charge in [0.2, 0.25) is 0 Å². The van der Waals surface area contributed by atoms with Crippen molar-refractivity contribution in [2.75, 3.05) is 0 Å². The standard InChI is InChI=1S/C39H44N4/c1-27(2)21-23-33-31-15-9-7-13-29(31)25-42(33)37-19-11-17-35(40-37)39(5,6)36-18-12-20-38(41-36)43-26-30-14-8-10-16-32(30)34(43)24-22-28(3)4/h7-20,25-28H,21-24H2,1-6H3. The van der Waals surface area contributed by atoms with E-state index in [1.807, 2.05) is 0 Å². The fourth-order valence-electron chi connectivity index (χ4n) is 6.15. The summed E-state index contributed by atoms with van der Waals surface area (Å²) in [6.07, 6.45) is 8.83. The smallest absolute Gasteiger partial charge is 0.137 e. The Bertz CT molecular complexity index is 1730. The average molecular weight is 569 g/mol. The van der Waals surface area contributed by atoms with Crippen LogP contribution in [0.2, 0.25) is 0 Å². The molecule has 6 aromatic rings. The lowest BCUT2D eigenvalue weighted by Gasteiger charge is -2.25. The van der Waals surface area contributed by atoms with Gasteiger partial charge in [-0.2, -0.15) is 0 Å². The predicted octanol–water partition coefficient (Wildman–Crippen LogP) is 9.87. The van der Waals surface area contributed by atoms with Crippen molar-refractivity contribution in [3.05, 3.63) is 120 Å². The first-order valence-electron chi connectivity index (χ1n) is 15.9. The number of pyridine rings is 2. The summed E-state index contributed by atoms with van der Waals surface area (Å²) in [6, 6.07) is 30.2. The van der Waals surface area contributed by atoms with Gasteiger partial charge in [0.1, 0.15) is 11.6 Å².